The lowest BCUT2D eigenvalue weighted by Crippen LogP contribution is -2.01. The molecule has 0 bridgehead atoms. The van der Waals surface area contributed by atoms with Crippen molar-refractivity contribution in [2.24, 2.45) is 4.99 Å². The number of rotatable bonds is 4. The Balaban J connectivity index is 1.69. The van der Waals surface area contributed by atoms with Crippen molar-refractivity contribution >= 4 is 46.1 Å². The minimum atomic E-state index is -0.217. The van der Waals surface area contributed by atoms with E-state index in [4.69, 9.17) is 15.5 Å². The van der Waals surface area contributed by atoms with Gasteiger partial charge in [-0.3, -0.25) is 4.79 Å². The van der Waals surface area contributed by atoms with Crippen LogP contribution in [0.25, 0.3) is 11.3 Å². The Morgan fingerprint density at radius 3 is 2.31 bits per heavy atom. The Bertz CT molecular complexity index is 1390. The van der Waals surface area contributed by atoms with Gasteiger partial charge in [0.05, 0.1) is 18.4 Å². The first-order valence-corrected chi connectivity index (χ1v) is 11.0. The molecule has 0 atom stereocenters. The maximum Gasteiger partial charge on any atom is 0.246 e. The average molecular weight is 443 g/mol. The van der Waals surface area contributed by atoms with Crippen LogP contribution in [0.5, 0.6) is 5.88 Å². The van der Waals surface area contributed by atoms with Crippen LogP contribution in [0.2, 0.25) is 0 Å². The second-order valence-electron chi connectivity index (χ2n) is 7.15. The zero-order chi connectivity index (χ0) is 22.4. The number of nitrogens with zero attached hydrogens (tertiary/aromatic N) is 3. The van der Waals surface area contributed by atoms with Crippen LogP contribution >= 0.6 is 11.8 Å². The van der Waals surface area contributed by atoms with E-state index >= 15 is 0 Å². The van der Waals surface area contributed by atoms with Crippen molar-refractivity contribution in [3.63, 3.8) is 0 Å². The second kappa shape index (κ2) is 7.65. The van der Waals surface area contributed by atoms with E-state index in [1.54, 1.807) is 30.3 Å². The molecule has 32 heavy (non-hydrogen) atoms. The quantitative estimate of drug-likeness (QED) is 0.453. The number of ether oxygens (including phenoxy) is 1. The maximum absolute atomic E-state index is 13.1. The van der Waals surface area contributed by atoms with Gasteiger partial charge in [0.25, 0.3) is 0 Å². The number of carbonyl (C=O) groups excluding carboxylic acids is 1. The number of carbonyl (C=O) groups is 1. The molecule has 0 saturated heterocycles. The first-order valence-electron chi connectivity index (χ1n) is 9.76. The van der Waals surface area contributed by atoms with Crippen molar-refractivity contribution in [2.45, 2.75) is 5.16 Å². The summed E-state index contributed by atoms with van der Waals surface area (Å²) in [6, 6.07) is 14.6. The molecule has 8 heteroatoms. The minimum absolute atomic E-state index is 0.0299. The molecule has 0 spiro atoms. The highest BCUT2D eigenvalue weighted by molar-refractivity contribution is 7.98. The lowest BCUT2D eigenvalue weighted by atomic mass is 9.96. The van der Waals surface area contributed by atoms with Gasteiger partial charge in [-0.05, 0) is 23.5 Å². The van der Waals surface area contributed by atoms with Crippen LogP contribution in [-0.2, 0) is 0 Å². The number of Topliss-reactive ketones (excluding diaryl/α,β-unsaturated/α-hetero) is 1. The molecule has 0 unspecified atom stereocenters. The number of thioether (sulfide) groups is 1. The highest BCUT2D eigenvalue weighted by Crippen LogP contribution is 2.43. The van der Waals surface area contributed by atoms with Crippen molar-refractivity contribution in [3.05, 3.63) is 82.4 Å². The van der Waals surface area contributed by atoms with Crippen molar-refractivity contribution < 1.29 is 14.6 Å². The number of nitrogens with two attached hydrogens (primary N) is 1. The molecule has 3 aromatic rings. The number of allylic oxidation sites excluding steroid dienone is 3. The fourth-order valence-corrected chi connectivity index (χ4v) is 4.30. The van der Waals surface area contributed by atoms with Crippen LogP contribution in [0.3, 0.4) is 0 Å². The fourth-order valence-electron chi connectivity index (χ4n) is 3.94. The van der Waals surface area contributed by atoms with Crippen molar-refractivity contribution in [1.82, 2.24) is 9.97 Å². The Morgan fingerprint density at radius 2 is 1.66 bits per heavy atom. The summed E-state index contributed by atoms with van der Waals surface area (Å²) in [6.07, 6.45) is 3.63. The van der Waals surface area contributed by atoms with E-state index < -0.39 is 0 Å². The van der Waals surface area contributed by atoms with Crippen molar-refractivity contribution in [1.29, 1.82) is 0 Å². The highest BCUT2D eigenvalue weighted by Gasteiger charge is 2.35. The third kappa shape index (κ3) is 2.99. The molecule has 2 aliphatic carbocycles. The van der Waals surface area contributed by atoms with Crippen LogP contribution < -0.4 is 10.5 Å². The molecular formula is C24H18N4O3S. The van der Waals surface area contributed by atoms with Gasteiger partial charge in [0.2, 0.25) is 5.88 Å². The van der Waals surface area contributed by atoms with E-state index in [1.165, 1.54) is 18.9 Å². The average Bonchev–Trinajstić information content (AvgIpc) is 3.29. The van der Waals surface area contributed by atoms with E-state index in [2.05, 4.69) is 9.97 Å². The summed E-state index contributed by atoms with van der Waals surface area (Å²) < 4.78 is 5.39. The van der Waals surface area contributed by atoms with Crippen LogP contribution in [0, 0.1) is 0 Å². The molecule has 158 valence electrons. The zero-order valence-corrected chi connectivity index (χ0v) is 18.1. The number of hydrogen-bond donors (Lipinski definition) is 2. The molecule has 2 aromatic carbocycles. The zero-order valence-electron chi connectivity index (χ0n) is 17.3. The van der Waals surface area contributed by atoms with Gasteiger partial charge in [-0.1, -0.05) is 60.3 Å². The van der Waals surface area contributed by atoms with E-state index in [0.717, 1.165) is 11.1 Å². The summed E-state index contributed by atoms with van der Waals surface area (Å²) in [7, 11) is 1.50. The molecule has 0 aliphatic heterocycles. The number of aliphatic imine (C=N–C) groups is 1. The Labute approximate surface area is 188 Å². The SMILES string of the molecule is COc1nc(SC)nc(N)c1N=C1C=C(C2=C(O)c3ccccc3C2=O)c2ccccc21. The summed E-state index contributed by atoms with van der Waals surface area (Å²) in [4.78, 5) is 26.4. The molecular weight excluding hydrogens is 424 g/mol. The van der Waals surface area contributed by atoms with Crippen LogP contribution in [0.1, 0.15) is 27.0 Å². The van der Waals surface area contributed by atoms with Crippen molar-refractivity contribution in [3.8, 4) is 5.88 Å². The topological polar surface area (TPSA) is 111 Å². The molecule has 5 rings (SSSR count). The van der Waals surface area contributed by atoms with Gasteiger partial charge in [-0.15, -0.1) is 0 Å². The number of nitrogen functional groups attached to an aromatic ring is 1. The maximum atomic E-state index is 13.1. The normalized spacial score (nSPS) is 15.8. The van der Waals surface area contributed by atoms with Crippen LogP contribution in [0.15, 0.2) is 70.3 Å². The van der Waals surface area contributed by atoms with Crippen LogP contribution in [-0.4, -0.2) is 39.9 Å². The summed E-state index contributed by atoms with van der Waals surface area (Å²) in [6.45, 7) is 0. The van der Waals surface area contributed by atoms with Gasteiger partial charge >= 0.3 is 0 Å². The number of fused-ring (bicyclic) bond motifs is 2. The standard InChI is InChI=1S/C24H18N4O3S/c1-31-23-19(22(25)27-24(28-23)32-2)26-17-11-16(12-7-3-4-8-13(12)17)18-20(29)14-9-5-6-10-15(14)21(18)30/h3-11,29H,1-2H3,(H2,25,27,28). The van der Waals surface area contributed by atoms with Gasteiger partial charge in [-0.2, -0.15) is 4.98 Å². The number of hydrogen-bond acceptors (Lipinski definition) is 8. The first-order chi connectivity index (χ1) is 15.5. The number of aliphatic hydroxyl groups excluding tert-OH is 1. The van der Waals surface area contributed by atoms with E-state index in [1.807, 2.05) is 30.5 Å². The van der Waals surface area contributed by atoms with E-state index in [-0.39, 0.29) is 28.8 Å². The largest absolute Gasteiger partial charge is 0.507 e. The Kier molecular flexibility index (Phi) is 4.79. The molecule has 0 amide bonds. The fraction of sp³-hybridized carbons (Fsp3) is 0.0833. The monoisotopic (exact) mass is 442 g/mol. The molecule has 1 aromatic heterocycles. The predicted molar refractivity (Wildman–Crippen MR) is 126 cm³/mol. The molecule has 0 saturated carbocycles. The molecule has 7 nitrogen and oxygen atoms in total. The third-order valence-electron chi connectivity index (χ3n) is 5.40. The Morgan fingerprint density at radius 1 is 1.00 bits per heavy atom. The molecule has 3 N–H and O–H groups in total. The summed E-state index contributed by atoms with van der Waals surface area (Å²) in [5, 5.41) is 11.4. The lowest BCUT2D eigenvalue weighted by molar-refractivity contribution is 0.104. The molecule has 0 radical (unpaired) electrons. The number of anilines is 1. The van der Waals surface area contributed by atoms with Gasteiger partial charge in [0.15, 0.2) is 22.4 Å². The van der Waals surface area contributed by atoms with E-state index in [0.29, 0.717) is 33.3 Å². The van der Waals surface area contributed by atoms with Gasteiger partial charge < -0.3 is 15.6 Å². The molecule has 0 fully saturated rings. The number of aromatic nitrogens is 2. The minimum Gasteiger partial charge on any atom is -0.507 e. The Hall–Kier alpha value is -3.91. The highest BCUT2D eigenvalue weighted by atomic mass is 32.2. The molecule has 2 aliphatic rings. The van der Waals surface area contributed by atoms with Gasteiger partial charge in [-0.25, -0.2) is 9.98 Å². The number of aliphatic hydroxyl groups is 1. The third-order valence-corrected chi connectivity index (χ3v) is 5.95. The lowest BCUT2D eigenvalue weighted by Gasteiger charge is -2.08. The summed E-state index contributed by atoms with van der Waals surface area (Å²) in [5.41, 5.74) is 10.5. The van der Waals surface area contributed by atoms with Gasteiger partial charge in [0.1, 0.15) is 5.76 Å². The predicted octanol–water partition coefficient (Wildman–Crippen LogP) is 4.47. The second-order valence-corrected chi connectivity index (χ2v) is 7.93. The number of methoxy groups -OCH3 is 1. The van der Waals surface area contributed by atoms with E-state index in [9.17, 15) is 9.90 Å². The smallest absolute Gasteiger partial charge is 0.246 e. The summed E-state index contributed by atoms with van der Waals surface area (Å²) in [5.74, 6) is 0.211. The number of benzene rings is 2. The van der Waals surface area contributed by atoms with Crippen molar-refractivity contribution in [2.75, 3.05) is 19.1 Å². The first kappa shape index (κ1) is 20.0. The van der Waals surface area contributed by atoms with Crippen LogP contribution in [0.4, 0.5) is 11.5 Å². The van der Waals surface area contributed by atoms with Gasteiger partial charge in [0, 0.05) is 16.7 Å². The molecule has 1 heterocycles. The number of ketones is 1. The summed E-state index contributed by atoms with van der Waals surface area (Å²) >= 11 is 1.35.